The van der Waals surface area contributed by atoms with Gasteiger partial charge in [-0.25, -0.2) is 0 Å². The molecule has 0 bridgehead atoms. The van der Waals surface area contributed by atoms with Crippen molar-refractivity contribution in [3.05, 3.63) is 72.0 Å². The number of likely N-dealkylation sites (N-methyl/N-ethyl adjacent to an activating group) is 1. The molecule has 1 aromatic rings. The molecule has 0 radical (unpaired) electrons. The Balaban J connectivity index is 0.00000676. The van der Waals surface area contributed by atoms with Crippen molar-refractivity contribution in [1.29, 1.82) is 0 Å². The summed E-state index contributed by atoms with van der Waals surface area (Å²) >= 11 is 0. The molecule has 0 aliphatic heterocycles. The predicted molar refractivity (Wildman–Crippen MR) is 107 cm³/mol. The van der Waals surface area contributed by atoms with Gasteiger partial charge >= 0.3 is 29.6 Å². The molecule has 0 atom stereocenters. The number of hydrogen-bond donors (Lipinski definition) is 1. The molecule has 0 amide bonds. The summed E-state index contributed by atoms with van der Waals surface area (Å²) in [6, 6.07) is 10.3. The number of hydrogen-bond acceptors (Lipinski definition) is 4. The third-order valence-electron chi connectivity index (χ3n) is 4.19. The van der Waals surface area contributed by atoms with Crippen molar-refractivity contribution in [2.24, 2.45) is 0 Å². The first-order chi connectivity index (χ1) is 12.5. The summed E-state index contributed by atoms with van der Waals surface area (Å²) in [4.78, 5) is 12.7. The zero-order chi connectivity index (χ0) is 19.2. The van der Waals surface area contributed by atoms with Crippen molar-refractivity contribution in [3.63, 3.8) is 0 Å². The van der Waals surface area contributed by atoms with Crippen LogP contribution in [0.3, 0.4) is 0 Å². The zero-order valence-corrected chi connectivity index (χ0v) is 19.0. The van der Waals surface area contributed by atoms with E-state index in [1.54, 1.807) is 0 Å². The Bertz CT molecular complexity index is 612. The number of nitrogens with zero attached hydrogens (tertiary/aromatic N) is 1. The van der Waals surface area contributed by atoms with Crippen molar-refractivity contribution in [3.8, 4) is 0 Å². The number of carbonyl (C=O) groups is 1. The fourth-order valence-electron chi connectivity index (χ4n) is 2.61. The molecule has 0 spiro atoms. The third-order valence-corrected chi connectivity index (χ3v) is 4.19. The van der Waals surface area contributed by atoms with Crippen molar-refractivity contribution >= 4 is 5.97 Å². The predicted octanol–water partition coefficient (Wildman–Crippen LogP) is -0.309. The van der Waals surface area contributed by atoms with Crippen LogP contribution in [0.25, 0.3) is 0 Å². The van der Waals surface area contributed by atoms with Gasteiger partial charge in [0, 0.05) is 24.8 Å². The Morgan fingerprint density at radius 1 is 1.22 bits per heavy atom. The number of rotatable bonds is 13. The van der Waals surface area contributed by atoms with Crippen molar-refractivity contribution in [2.75, 3.05) is 26.2 Å². The minimum Gasteiger partial charge on any atom is -0.550 e. The minimum atomic E-state index is -0.974. The first-order valence-electron chi connectivity index (χ1n) is 9.25. The van der Waals surface area contributed by atoms with Crippen LogP contribution in [0.1, 0.15) is 32.3 Å². The van der Waals surface area contributed by atoms with E-state index in [2.05, 4.69) is 48.0 Å². The largest absolute Gasteiger partial charge is 1.00 e. The van der Waals surface area contributed by atoms with Gasteiger partial charge in [-0.15, -0.1) is 0 Å². The average molecular weight is 378 g/mol. The SMILES string of the molecule is C=C/C(=C\C=C(/C)NCCN(CC)CCCC(=O)[O-])Cc1ccccc1.[Na+]. The Kier molecular flexibility index (Phi) is 14.9. The van der Waals surface area contributed by atoms with Gasteiger partial charge in [-0.2, -0.15) is 0 Å². The van der Waals surface area contributed by atoms with Crippen molar-refractivity contribution in [1.82, 2.24) is 10.2 Å². The van der Waals surface area contributed by atoms with Crippen molar-refractivity contribution < 1.29 is 39.5 Å². The van der Waals surface area contributed by atoms with E-state index in [0.717, 1.165) is 38.3 Å². The maximum Gasteiger partial charge on any atom is 1.00 e. The van der Waals surface area contributed by atoms with Gasteiger partial charge in [0.05, 0.1) is 0 Å². The summed E-state index contributed by atoms with van der Waals surface area (Å²) in [6.07, 6.45) is 7.70. The van der Waals surface area contributed by atoms with E-state index in [1.807, 2.05) is 31.2 Å². The van der Waals surface area contributed by atoms with E-state index >= 15 is 0 Å². The molecule has 0 aliphatic rings. The van der Waals surface area contributed by atoms with Crippen LogP contribution in [0, 0.1) is 0 Å². The van der Waals surface area contributed by atoms with Gasteiger partial charge in [-0.3, -0.25) is 0 Å². The van der Waals surface area contributed by atoms with Crippen molar-refractivity contribution in [2.45, 2.75) is 33.1 Å². The second-order valence-corrected chi connectivity index (χ2v) is 6.29. The Labute approximate surface area is 186 Å². The molecule has 0 saturated heterocycles. The van der Waals surface area contributed by atoms with Crippen LogP contribution < -0.4 is 40.0 Å². The summed E-state index contributed by atoms with van der Waals surface area (Å²) in [5, 5.41) is 13.9. The standard InChI is InChI=1S/C22H32N2O2.Na/c1-4-20(18-21-10-7-6-8-11-21)14-13-19(3)23-15-17-24(5-2)16-9-12-22(25)26;/h4,6-8,10-11,13-14,23H,1,5,9,12,15-18H2,2-3H3,(H,25,26);/q;+1/p-1/b19-13+,20-14+;. The number of aliphatic carboxylic acids is 1. The molecule has 5 heteroatoms. The molecule has 1 N–H and O–H groups in total. The fourth-order valence-corrected chi connectivity index (χ4v) is 2.61. The maximum atomic E-state index is 10.5. The topological polar surface area (TPSA) is 55.4 Å². The fraction of sp³-hybridized carbons (Fsp3) is 0.409. The van der Waals surface area contributed by atoms with Gasteiger partial charge in [0.1, 0.15) is 0 Å². The number of benzene rings is 1. The molecule has 0 unspecified atom stereocenters. The number of carbonyl (C=O) groups excluding carboxylic acids is 1. The molecular weight excluding hydrogens is 347 g/mol. The molecule has 0 heterocycles. The van der Waals surface area contributed by atoms with Crippen LogP contribution in [0.15, 0.2) is 66.4 Å². The molecule has 1 rings (SSSR count). The molecule has 0 aromatic heterocycles. The number of nitrogens with one attached hydrogen (secondary N) is 1. The van der Waals surface area contributed by atoms with E-state index < -0.39 is 5.97 Å². The first-order valence-corrected chi connectivity index (χ1v) is 9.25. The molecule has 0 aliphatic carbocycles. The first kappa shape index (κ1) is 25.7. The minimum absolute atomic E-state index is 0. The van der Waals surface area contributed by atoms with Crippen LogP contribution in [-0.4, -0.2) is 37.0 Å². The van der Waals surface area contributed by atoms with Crippen LogP contribution in [0.2, 0.25) is 0 Å². The summed E-state index contributed by atoms with van der Waals surface area (Å²) < 4.78 is 0. The molecule has 27 heavy (non-hydrogen) atoms. The Morgan fingerprint density at radius 3 is 2.52 bits per heavy atom. The van der Waals surface area contributed by atoms with E-state index in [-0.39, 0.29) is 36.0 Å². The van der Waals surface area contributed by atoms with Crippen LogP contribution in [0.4, 0.5) is 0 Å². The average Bonchev–Trinajstić information content (AvgIpc) is 2.64. The molecule has 0 saturated carbocycles. The molecule has 0 fully saturated rings. The molecular formula is C22H31N2NaO2. The maximum absolute atomic E-state index is 10.5. The van der Waals surface area contributed by atoms with Crippen LogP contribution in [-0.2, 0) is 11.2 Å². The van der Waals surface area contributed by atoms with Gasteiger partial charge in [0.15, 0.2) is 0 Å². The van der Waals surface area contributed by atoms with Gasteiger partial charge < -0.3 is 20.1 Å². The number of carboxylic acids is 1. The molecule has 142 valence electrons. The number of allylic oxidation sites excluding steroid dienone is 5. The summed E-state index contributed by atoms with van der Waals surface area (Å²) in [6.45, 7) is 11.4. The van der Waals surface area contributed by atoms with Gasteiger partial charge in [0.25, 0.3) is 0 Å². The summed E-state index contributed by atoms with van der Waals surface area (Å²) in [7, 11) is 0. The molecule has 4 nitrogen and oxygen atoms in total. The van der Waals surface area contributed by atoms with Gasteiger partial charge in [-0.1, -0.05) is 56.0 Å². The van der Waals surface area contributed by atoms with Crippen LogP contribution in [0.5, 0.6) is 0 Å². The zero-order valence-electron chi connectivity index (χ0n) is 17.0. The summed E-state index contributed by atoms with van der Waals surface area (Å²) in [5.74, 6) is -0.974. The Hall–Kier alpha value is -1.33. The second kappa shape index (κ2) is 15.7. The summed E-state index contributed by atoms with van der Waals surface area (Å²) in [5.41, 5.74) is 3.55. The van der Waals surface area contributed by atoms with E-state index in [4.69, 9.17) is 0 Å². The van der Waals surface area contributed by atoms with Crippen LogP contribution >= 0.6 is 0 Å². The smallest absolute Gasteiger partial charge is 0.550 e. The van der Waals surface area contributed by atoms with Gasteiger partial charge in [-0.05, 0) is 56.5 Å². The number of carboxylic acid groups (broad SMARTS) is 1. The Morgan fingerprint density at radius 2 is 1.93 bits per heavy atom. The normalized spacial score (nSPS) is 11.8. The van der Waals surface area contributed by atoms with Gasteiger partial charge in [0.2, 0.25) is 0 Å². The second-order valence-electron chi connectivity index (χ2n) is 6.29. The molecule has 1 aromatic carbocycles. The van der Waals surface area contributed by atoms with E-state index in [1.165, 1.54) is 11.1 Å². The van der Waals surface area contributed by atoms with E-state index in [0.29, 0.717) is 6.42 Å². The van der Waals surface area contributed by atoms with E-state index in [9.17, 15) is 9.90 Å². The monoisotopic (exact) mass is 378 g/mol. The quantitative estimate of drug-likeness (QED) is 0.378. The third kappa shape index (κ3) is 12.6.